The van der Waals surface area contributed by atoms with Crippen LogP contribution in [-0.4, -0.2) is 31.8 Å². The fourth-order valence-electron chi connectivity index (χ4n) is 0.895. The number of hydrogen-bond donors (Lipinski definition) is 0. The molecule has 0 saturated carbocycles. The monoisotopic (exact) mass is 182 g/mol. The summed E-state index contributed by atoms with van der Waals surface area (Å²) < 4.78 is 5.12. The average Bonchev–Trinajstić information content (AvgIpc) is 2.19. The Morgan fingerprint density at radius 3 is 2.31 bits per heavy atom. The van der Waals surface area contributed by atoms with Crippen LogP contribution < -0.4 is 0 Å². The lowest BCUT2D eigenvalue weighted by molar-refractivity contribution is 0.282. The summed E-state index contributed by atoms with van der Waals surface area (Å²) in [6.45, 7) is 13.2. The summed E-state index contributed by atoms with van der Waals surface area (Å²) in [6, 6.07) is 0. The maximum atomic E-state index is 5.12. The van der Waals surface area contributed by atoms with Crippen LogP contribution in [0.15, 0.2) is 29.2 Å². The van der Waals surface area contributed by atoms with Gasteiger partial charge in [0, 0.05) is 19.3 Å². The molecule has 0 rings (SSSR count). The molecule has 0 N–H and O–H groups in total. The second kappa shape index (κ2) is 6.29. The van der Waals surface area contributed by atoms with E-state index in [1.54, 1.807) is 7.11 Å². The molecule has 0 heterocycles. The lowest BCUT2D eigenvalue weighted by atomic mass is 10.4. The van der Waals surface area contributed by atoms with Gasteiger partial charge in [0.1, 0.15) is 0 Å². The summed E-state index contributed by atoms with van der Waals surface area (Å²) in [4.78, 5) is 5.82. The summed E-state index contributed by atoms with van der Waals surface area (Å²) >= 11 is 0. The van der Waals surface area contributed by atoms with E-state index in [2.05, 4.69) is 37.0 Å². The highest BCUT2D eigenvalue weighted by atomic mass is 16.5. The molecule has 0 aliphatic carbocycles. The van der Waals surface area contributed by atoms with Gasteiger partial charge < -0.3 is 9.64 Å². The maximum Gasteiger partial charge on any atom is 0.159 e. The van der Waals surface area contributed by atoms with Crippen LogP contribution in [0.4, 0.5) is 0 Å². The van der Waals surface area contributed by atoms with E-state index in [4.69, 9.17) is 4.74 Å². The van der Waals surface area contributed by atoms with Gasteiger partial charge in [-0.1, -0.05) is 6.58 Å². The van der Waals surface area contributed by atoms with Crippen molar-refractivity contribution < 1.29 is 4.74 Å². The molecule has 3 nitrogen and oxygen atoms in total. The first-order valence-electron chi connectivity index (χ1n) is 4.35. The Labute approximate surface area is 80.4 Å². The third-order valence-corrected chi connectivity index (χ3v) is 1.81. The number of rotatable bonds is 6. The van der Waals surface area contributed by atoms with Crippen LogP contribution in [-0.2, 0) is 4.74 Å². The maximum absolute atomic E-state index is 5.12. The topological polar surface area (TPSA) is 24.8 Å². The lowest BCUT2D eigenvalue weighted by Crippen LogP contribution is -2.16. The molecule has 0 aromatic rings. The Morgan fingerprint density at radius 2 is 2.00 bits per heavy atom. The molecule has 13 heavy (non-hydrogen) atoms. The molecule has 3 heteroatoms. The minimum atomic E-state index is 0.564. The highest BCUT2D eigenvalue weighted by molar-refractivity contribution is 5.34. The quantitative estimate of drug-likeness (QED) is 0.357. The molecule has 74 valence electrons. The van der Waals surface area contributed by atoms with Gasteiger partial charge >= 0.3 is 0 Å². The van der Waals surface area contributed by atoms with Gasteiger partial charge in [-0.05, 0) is 20.6 Å². The van der Waals surface area contributed by atoms with Crippen molar-refractivity contribution in [1.82, 2.24) is 4.90 Å². The lowest BCUT2D eigenvalue weighted by Gasteiger charge is -2.17. The molecule has 0 aromatic heterocycles. The van der Waals surface area contributed by atoms with Crippen molar-refractivity contribution in [3.8, 4) is 0 Å². The van der Waals surface area contributed by atoms with Gasteiger partial charge in [-0.3, -0.25) is 4.99 Å². The molecular formula is C10H18N2O. The zero-order valence-electron chi connectivity index (χ0n) is 8.71. The van der Waals surface area contributed by atoms with Crippen LogP contribution >= 0.6 is 0 Å². The van der Waals surface area contributed by atoms with E-state index < -0.39 is 0 Å². The number of methoxy groups -OCH3 is 1. The molecule has 0 radical (unpaired) electrons. The van der Waals surface area contributed by atoms with E-state index in [0.29, 0.717) is 11.5 Å². The predicted octanol–water partition coefficient (Wildman–Crippen LogP) is 2.03. The van der Waals surface area contributed by atoms with E-state index in [0.717, 1.165) is 13.1 Å². The molecule has 0 atom stereocenters. The van der Waals surface area contributed by atoms with Crippen molar-refractivity contribution in [2.45, 2.75) is 13.8 Å². The summed E-state index contributed by atoms with van der Waals surface area (Å²) in [5, 5.41) is 0. The summed E-state index contributed by atoms with van der Waals surface area (Å²) in [7, 11) is 1.60. The Balaban J connectivity index is 4.52. The normalized spacial score (nSPS) is 10.8. The van der Waals surface area contributed by atoms with Crippen LogP contribution in [0.5, 0.6) is 0 Å². The molecule has 0 bridgehead atoms. The van der Waals surface area contributed by atoms with Gasteiger partial charge in [0.05, 0.1) is 12.8 Å². The standard InChI is InChI=1S/C10H18N2O/c1-6-12(7-2)8-10(13-5)9(3)11-4/h8H,3-4,6-7H2,1-2,5H3/b10-8+. The van der Waals surface area contributed by atoms with Gasteiger partial charge in [0.25, 0.3) is 0 Å². The highest BCUT2D eigenvalue weighted by Crippen LogP contribution is 2.10. The zero-order chi connectivity index (χ0) is 10.3. The highest BCUT2D eigenvalue weighted by Gasteiger charge is 2.01. The fraction of sp³-hybridized carbons (Fsp3) is 0.500. The van der Waals surface area contributed by atoms with Gasteiger partial charge in [0.2, 0.25) is 0 Å². The van der Waals surface area contributed by atoms with Gasteiger partial charge in [-0.15, -0.1) is 0 Å². The van der Waals surface area contributed by atoms with Crippen LogP contribution in [0.2, 0.25) is 0 Å². The summed E-state index contributed by atoms with van der Waals surface area (Å²) in [5.41, 5.74) is 0.564. The first-order chi connectivity index (χ1) is 6.19. The van der Waals surface area contributed by atoms with Crippen molar-refractivity contribution in [1.29, 1.82) is 0 Å². The molecule has 0 aromatic carbocycles. The van der Waals surface area contributed by atoms with Crippen LogP contribution in [0.1, 0.15) is 13.8 Å². The average molecular weight is 182 g/mol. The molecule has 0 spiro atoms. The first-order valence-corrected chi connectivity index (χ1v) is 4.35. The Bertz CT molecular complexity index is 205. The van der Waals surface area contributed by atoms with Crippen molar-refractivity contribution in [2.24, 2.45) is 4.99 Å². The van der Waals surface area contributed by atoms with E-state index in [1.165, 1.54) is 0 Å². The van der Waals surface area contributed by atoms with E-state index in [-0.39, 0.29) is 0 Å². The third kappa shape index (κ3) is 3.78. The largest absolute Gasteiger partial charge is 0.493 e. The van der Waals surface area contributed by atoms with Gasteiger partial charge in [-0.25, -0.2) is 0 Å². The van der Waals surface area contributed by atoms with Crippen molar-refractivity contribution in [2.75, 3.05) is 20.2 Å². The molecule has 0 saturated heterocycles. The molecule has 0 fully saturated rings. The minimum Gasteiger partial charge on any atom is -0.493 e. The fourth-order valence-corrected chi connectivity index (χ4v) is 0.895. The molecule has 0 unspecified atom stereocenters. The second-order valence-electron chi connectivity index (χ2n) is 2.52. The summed E-state index contributed by atoms with van der Waals surface area (Å²) in [6.07, 6.45) is 1.90. The van der Waals surface area contributed by atoms with Gasteiger partial charge in [-0.2, -0.15) is 0 Å². The number of aliphatic imine (C=N–C) groups is 1. The molecule has 0 amide bonds. The molecular weight excluding hydrogens is 164 g/mol. The molecule has 0 aliphatic rings. The van der Waals surface area contributed by atoms with E-state index in [9.17, 15) is 0 Å². The van der Waals surface area contributed by atoms with E-state index in [1.807, 2.05) is 6.20 Å². The first kappa shape index (κ1) is 11.8. The van der Waals surface area contributed by atoms with Crippen molar-refractivity contribution >= 4 is 6.72 Å². The smallest absolute Gasteiger partial charge is 0.159 e. The van der Waals surface area contributed by atoms with Crippen LogP contribution in [0, 0.1) is 0 Å². The van der Waals surface area contributed by atoms with Crippen molar-refractivity contribution in [3.63, 3.8) is 0 Å². The second-order valence-corrected chi connectivity index (χ2v) is 2.52. The van der Waals surface area contributed by atoms with E-state index >= 15 is 0 Å². The molecule has 0 aliphatic heterocycles. The Kier molecular flexibility index (Phi) is 5.68. The van der Waals surface area contributed by atoms with Crippen LogP contribution in [0.25, 0.3) is 0 Å². The third-order valence-electron chi connectivity index (χ3n) is 1.81. The van der Waals surface area contributed by atoms with Crippen molar-refractivity contribution in [3.05, 3.63) is 24.2 Å². The minimum absolute atomic E-state index is 0.564. The van der Waals surface area contributed by atoms with Gasteiger partial charge in [0.15, 0.2) is 5.76 Å². The predicted molar refractivity (Wildman–Crippen MR) is 56.7 cm³/mol. The Hall–Kier alpha value is -1.25. The number of hydrogen-bond acceptors (Lipinski definition) is 3. The Morgan fingerprint density at radius 1 is 1.46 bits per heavy atom. The summed E-state index contributed by atoms with van der Waals surface area (Å²) in [5.74, 6) is 0.665. The number of ether oxygens (including phenoxy) is 1. The number of nitrogens with zero attached hydrogens (tertiary/aromatic N) is 2. The van der Waals surface area contributed by atoms with Crippen LogP contribution in [0.3, 0.4) is 0 Å². The zero-order valence-corrected chi connectivity index (χ0v) is 8.71. The SMILES string of the molecule is C=NC(=C)/C(=C\N(CC)CC)OC.